The minimum Gasteiger partial charge on any atom is -0.488 e. The summed E-state index contributed by atoms with van der Waals surface area (Å²) in [4.78, 5) is 0. The van der Waals surface area contributed by atoms with E-state index in [9.17, 15) is 4.39 Å². The standard InChI is InChI=1S/C15H22FNO2/c1-2-7-17-10-12-9-13(16)5-6-15(12)19-14-4-3-8-18-11-14/h5-6,9,14,17H,2-4,7-8,10-11H2,1H3. The smallest absolute Gasteiger partial charge is 0.124 e. The molecular formula is C15H22FNO2. The SMILES string of the molecule is CCCNCc1cc(F)ccc1OC1CCCOC1. The molecule has 1 aromatic carbocycles. The molecule has 0 aliphatic carbocycles. The Morgan fingerprint density at radius 2 is 2.37 bits per heavy atom. The first-order valence-corrected chi connectivity index (χ1v) is 7.03. The highest BCUT2D eigenvalue weighted by molar-refractivity contribution is 5.34. The van der Waals surface area contributed by atoms with Crippen LogP contribution in [0.4, 0.5) is 4.39 Å². The van der Waals surface area contributed by atoms with Crippen molar-refractivity contribution >= 4 is 0 Å². The molecule has 0 amide bonds. The predicted octanol–water partition coefficient (Wildman–Crippen LogP) is 2.88. The minimum atomic E-state index is -0.222. The summed E-state index contributed by atoms with van der Waals surface area (Å²) in [5.41, 5.74) is 0.874. The molecule has 0 bridgehead atoms. The van der Waals surface area contributed by atoms with Crippen molar-refractivity contribution in [2.24, 2.45) is 0 Å². The Morgan fingerprint density at radius 3 is 3.11 bits per heavy atom. The molecular weight excluding hydrogens is 245 g/mol. The van der Waals surface area contributed by atoms with Crippen molar-refractivity contribution in [2.75, 3.05) is 19.8 Å². The van der Waals surface area contributed by atoms with Crippen molar-refractivity contribution in [1.82, 2.24) is 5.32 Å². The normalized spacial score (nSPS) is 19.4. The average Bonchev–Trinajstić information content (AvgIpc) is 2.43. The molecule has 1 saturated heterocycles. The van der Waals surface area contributed by atoms with Crippen molar-refractivity contribution < 1.29 is 13.9 Å². The maximum absolute atomic E-state index is 13.3. The van der Waals surface area contributed by atoms with Gasteiger partial charge in [-0.1, -0.05) is 6.92 Å². The van der Waals surface area contributed by atoms with Crippen LogP contribution in [-0.4, -0.2) is 25.9 Å². The lowest BCUT2D eigenvalue weighted by atomic mass is 10.1. The van der Waals surface area contributed by atoms with Crippen LogP contribution < -0.4 is 10.1 Å². The van der Waals surface area contributed by atoms with E-state index in [-0.39, 0.29) is 11.9 Å². The van der Waals surface area contributed by atoms with E-state index in [0.29, 0.717) is 13.2 Å². The van der Waals surface area contributed by atoms with Crippen molar-refractivity contribution in [3.63, 3.8) is 0 Å². The van der Waals surface area contributed by atoms with Gasteiger partial charge >= 0.3 is 0 Å². The van der Waals surface area contributed by atoms with Crippen molar-refractivity contribution in [3.8, 4) is 5.75 Å². The van der Waals surface area contributed by atoms with Gasteiger partial charge in [-0.05, 0) is 44.0 Å². The second kappa shape index (κ2) is 7.46. The first-order chi connectivity index (χ1) is 9.29. The molecule has 1 unspecified atom stereocenters. The summed E-state index contributed by atoms with van der Waals surface area (Å²) in [5, 5.41) is 3.28. The third kappa shape index (κ3) is 4.48. The number of halogens is 1. The summed E-state index contributed by atoms with van der Waals surface area (Å²) >= 11 is 0. The highest BCUT2D eigenvalue weighted by Gasteiger charge is 2.17. The summed E-state index contributed by atoms with van der Waals surface area (Å²) < 4.78 is 24.7. The highest BCUT2D eigenvalue weighted by atomic mass is 19.1. The number of hydrogen-bond donors (Lipinski definition) is 1. The van der Waals surface area contributed by atoms with Crippen LogP contribution in [0, 0.1) is 5.82 Å². The van der Waals surface area contributed by atoms with Gasteiger partial charge in [0.15, 0.2) is 0 Å². The number of benzene rings is 1. The molecule has 1 aliphatic heterocycles. The Morgan fingerprint density at radius 1 is 1.47 bits per heavy atom. The Labute approximate surface area is 114 Å². The molecule has 19 heavy (non-hydrogen) atoms. The van der Waals surface area contributed by atoms with Gasteiger partial charge in [-0.3, -0.25) is 0 Å². The van der Waals surface area contributed by atoms with Crippen LogP contribution in [-0.2, 0) is 11.3 Å². The molecule has 4 heteroatoms. The van der Waals surface area contributed by atoms with Gasteiger partial charge in [-0.2, -0.15) is 0 Å². The van der Waals surface area contributed by atoms with Crippen LogP contribution in [0.5, 0.6) is 5.75 Å². The fraction of sp³-hybridized carbons (Fsp3) is 0.600. The molecule has 0 spiro atoms. The van der Waals surface area contributed by atoms with Crippen LogP contribution in [0.15, 0.2) is 18.2 Å². The van der Waals surface area contributed by atoms with Crippen LogP contribution in [0.2, 0.25) is 0 Å². The van der Waals surface area contributed by atoms with E-state index in [2.05, 4.69) is 12.2 Å². The van der Waals surface area contributed by atoms with E-state index >= 15 is 0 Å². The zero-order chi connectivity index (χ0) is 13.5. The Hall–Kier alpha value is -1.13. The van der Waals surface area contributed by atoms with E-state index in [1.54, 1.807) is 12.1 Å². The summed E-state index contributed by atoms with van der Waals surface area (Å²) in [5.74, 6) is 0.543. The third-order valence-electron chi connectivity index (χ3n) is 3.18. The summed E-state index contributed by atoms with van der Waals surface area (Å²) in [6.07, 6.45) is 3.17. The van der Waals surface area contributed by atoms with Gasteiger partial charge in [-0.25, -0.2) is 4.39 Å². The first-order valence-electron chi connectivity index (χ1n) is 7.03. The highest BCUT2D eigenvalue weighted by Crippen LogP contribution is 2.23. The second-order valence-corrected chi connectivity index (χ2v) is 4.89. The molecule has 106 valence electrons. The van der Waals surface area contributed by atoms with Crippen LogP contribution >= 0.6 is 0 Å². The molecule has 1 aliphatic rings. The summed E-state index contributed by atoms with van der Waals surface area (Å²) in [6, 6.07) is 4.71. The topological polar surface area (TPSA) is 30.5 Å². The van der Waals surface area contributed by atoms with Gasteiger partial charge in [-0.15, -0.1) is 0 Å². The average molecular weight is 267 g/mol. The largest absolute Gasteiger partial charge is 0.488 e. The van der Waals surface area contributed by atoms with Crippen molar-refractivity contribution in [3.05, 3.63) is 29.6 Å². The van der Waals surface area contributed by atoms with Crippen LogP contribution in [0.3, 0.4) is 0 Å². The molecule has 0 radical (unpaired) electrons. The van der Waals surface area contributed by atoms with Crippen molar-refractivity contribution in [1.29, 1.82) is 0 Å². The van der Waals surface area contributed by atoms with Gasteiger partial charge in [0.2, 0.25) is 0 Å². The van der Waals surface area contributed by atoms with Gasteiger partial charge < -0.3 is 14.8 Å². The second-order valence-electron chi connectivity index (χ2n) is 4.89. The fourth-order valence-corrected chi connectivity index (χ4v) is 2.18. The number of nitrogens with one attached hydrogen (secondary N) is 1. The van der Waals surface area contributed by atoms with Crippen molar-refractivity contribution in [2.45, 2.75) is 38.8 Å². The molecule has 0 saturated carbocycles. The maximum Gasteiger partial charge on any atom is 0.124 e. The van der Waals surface area contributed by atoms with Gasteiger partial charge in [0.1, 0.15) is 17.7 Å². The zero-order valence-electron chi connectivity index (χ0n) is 11.5. The molecule has 1 fully saturated rings. The predicted molar refractivity (Wildman–Crippen MR) is 72.9 cm³/mol. The monoisotopic (exact) mass is 267 g/mol. The van der Waals surface area contributed by atoms with Gasteiger partial charge in [0.25, 0.3) is 0 Å². The molecule has 1 heterocycles. The van der Waals surface area contributed by atoms with Gasteiger partial charge in [0.05, 0.1) is 6.61 Å². The lowest BCUT2D eigenvalue weighted by Gasteiger charge is -2.24. The molecule has 1 N–H and O–H groups in total. The molecule has 0 aromatic heterocycles. The fourth-order valence-electron chi connectivity index (χ4n) is 2.18. The quantitative estimate of drug-likeness (QED) is 0.804. The molecule has 2 rings (SSSR count). The Balaban J connectivity index is 2.00. The molecule has 1 aromatic rings. The van der Waals surface area contributed by atoms with E-state index < -0.39 is 0 Å². The van der Waals surface area contributed by atoms with Crippen LogP contribution in [0.1, 0.15) is 31.7 Å². The van der Waals surface area contributed by atoms with E-state index in [1.165, 1.54) is 6.07 Å². The lowest BCUT2D eigenvalue weighted by Crippen LogP contribution is -2.28. The van der Waals surface area contributed by atoms with Crippen LogP contribution in [0.25, 0.3) is 0 Å². The Bertz CT molecular complexity index is 392. The summed E-state index contributed by atoms with van der Waals surface area (Å²) in [7, 11) is 0. The molecule has 3 nitrogen and oxygen atoms in total. The third-order valence-corrected chi connectivity index (χ3v) is 3.18. The number of hydrogen-bond acceptors (Lipinski definition) is 3. The number of rotatable bonds is 6. The van der Waals surface area contributed by atoms with E-state index in [1.807, 2.05) is 0 Å². The van der Waals surface area contributed by atoms with E-state index in [0.717, 1.165) is 43.7 Å². The van der Waals surface area contributed by atoms with E-state index in [4.69, 9.17) is 9.47 Å². The lowest BCUT2D eigenvalue weighted by molar-refractivity contribution is 0.00697. The maximum atomic E-state index is 13.3. The molecule has 1 atom stereocenters. The Kier molecular flexibility index (Phi) is 5.61. The zero-order valence-corrected chi connectivity index (χ0v) is 11.5. The number of ether oxygens (including phenoxy) is 2. The minimum absolute atomic E-state index is 0.0872. The first kappa shape index (κ1) is 14.3. The summed E-state index contributed by atoms with van der Waals surface area (Å²) in [6.45, 7) is 5.10. The van der Waals surface area contributed by atoms with Gasteiger partial charge in [0, 0.05) is 18.7 Å².